The molecule has 0 bridgehead atoms. The van der Waals surface area contributed by atoms with E-state index in [0.717, 1.165) is 26.1 Å². The Balaban J connectivity index is 2.13. The zero-order chi connectivity index (χ0) is 13.5. The van der Waals surface area contributed by atoms with Crippen molar-refractivity contribution in [2.24, 2.45) is 0 Å². The average molecular weight is 258 g/mol. The molecular weight excluding hydrogens is 236 g/mol. The quantitative estimate of drug-likeness (QED) is 0.705. The van der Waals surface area contributed by atoms with E-state index in [1.165, 1.54) is 0 Å². The van der Waals surface area contributed by atoms with Crippen LogP contribution in [0, 0.1) is 0 Å². The minimum absolute atomic E-state index is 0.202. The van der Waals surface area contributed by atoms with E-state index in [9.17, 15) is 9.59 Å². The van der Waals surface area contributed by atoms with E-state index in [-0.39, 0.29) is 24.7 Å². The maximum atomic E-state index is 11.3. The molecule has 1 amide bonds. The summed E-state index contributed by atoms with van der Waals surface area (Å²) in [6.45, 7) is 6.41. The fraction of sp³-hybridized carbons (Fsp3) is 0.833. The maximum absolute atomic E-state index is 11.3. The molecule has 0 aromatic carbocycles. The van der Waals surface area contributed by atoms with Crippen LogP contribution < -0.4 is 5.32 Å². The molecule has 0 aliphatic carbocycles. The third kappa shape index (κ3) is 5.97. The van der Waals surface area contributed by atoms with E-state index in [2.05, 4.69) is 10.2 Å². The van der Waals surface area contributed by atoms with Crippen molar-refractivity contribution < 1.29 is 19.4 Å². The highest BCUT2D eigenvalue weighted by Gasteiger charge is 2.21. The molecule has 1 aliphatic heterocycles. The molecule has 104 valence electrons. The van der Waals surface area contributed by atoms with Gasteiger partial charge in [-0.15, -0.1) is 0 Å². The Morgan fingerprint density at radius 1 is 1.33 bits per heavy atom. The monoisotopic (exact) mass is 258 g/mol. The smallest absolute Gasteiger partial charge is 0.322 e. The van der Waals surface area contributed by atoms with Crippen LogP contribution in [-0.4, -0.2) is 60.3 Å². The molecule has 0 saturated carbocycles. The molecule has 0 radical (unpaired) electrons. The van der Waals surface area contributed by atoms with Gasteiger partial charge in [0.25, 0.3) is 0 Å². The number of carbonyl (C=O) groups excluding carboxylic acids is 1. The minimum atomic E-state index is -1.01. The van der Waals surface area contributed by atoms with Crippen LogP contribution in [0.1, 0.15) is 26.7 Å². The SMILES string of the molecule is CC1CN(CCCC(=O)NCC(=O)O)CC(C)O1. The normalized spacial score (nSPS) is 24.8. The number of carboxylic acids is 1. The first kappa shape index (κ1) is 14.9. The Morgan fingerprint density at radius 2 is 1.94 bits per heavy atom. The first-order valence-corrected chi connectivity index (χ1v) is 6.33. The summed E-state index contributed by atoms with van der Waals surface area (Å²) in [6.07, 6.45) is 1.57. The molecule has 1 fully saturated rings. The van der Waals surface area contributed by atoms with Gasteiger partial charge in [-0.05, 0) is 26.8 Å². The summed E-state index contributed by atoms with van der Waals surface area (Å²) >= 11 is 0. The topological polar surface area (TPSA) is 78.9 Å². The van der Waals surface area contributed by atoms with Crippen LogP contribution in [0.2, 0.25) is 0 Å². The molecule has 2 unspecified atom stereocenters. The summed E-state index contributed by atoms with van der Waals surface area (Å²) in [7, 11) is 0. The van der Waals surface area contributed by atoms with Gasteiger partial charge in [-0.1, -0.05) is 0 Å². The van der Waals surface area contributed by atoms with Crippen LogP contribution in [-0.2, 0) is 14.3 Å². The molecule has 0 spiro atoms. The number of carboxylic acid groups (broad SMARTS) is 1. The zero-order valence-corrected chi connectivity index (χ0v) is 11.0. The lowest BCUT2D eigenvalue weighted by atomic mass is 10.2. The summed E-state index contributed by atoms with van der Waals surface area (Å²) in [4.78, 5) is 23.8. The second-order valence-corrected chi connectivity index (χ2v) is 4.79. The van der Waals surface area contributed by atoms with Crippen molar-refractivity contribution >= 4 is 11.9 Å². The minimum Gasteiger partial charge on any atom is -0.480 e. The third-order valence-electron chi connectivity index (χ3n) is 2.81. The number of ether oxygens (including phenoxy) is 1. The third-order valence-corrected chi connectivity index (χ3v) is 2.81. The van der Waals surface area contributed by atoms with E-state index < -0.39 is 5.97 Å². The van der Waals surface area contributed by atoms with Crippen LogP contribution in [0.3, 0.4) is 0 Å². The lowest BCUT2D eigenvalue weighted by Gasteiger charge is -2.35. The molecule has 6 nitrogen and oxygen atoms in total. The second-order valence-electron chi connectivity index (χ2n) is 4.79. The van der Waals surface area contributed by atoms with Crippen LogP contribution in [0.4, 0.5) is 0 Å². The number of morpholine rings is 1. The van der Waals surface area contributed by atoms with Crippen molar-refractivity contribution in [3.63, 3.8) is 0 Å². The molecule has 1 heterocycles. The van der Waals surface area contributed by atoms with Crippen molar-refractivity contribution in [2.45, 2.75) is 38.9 Å². The molecule has 0 aromatic rings. The van der Waals surface area contributed by atoms with Crippen LogP contribution >= 0.6 is 0 Å². The van der Waals surface area contributed by atoms with Gasteiger partial charge in [0.2, 0.25) is 5.91 Å². The van der Waals surface area contributed by atoms with Gasteiger partial charge in [-0.25, -0.2) is 0 Å². The van der Waals surface area contributed by atoms with Gasteiger partial charge in [0, 0.05) is 19.5 Å². The number of nitrogens with one attached hydrogen (secondary N) is 1. The van der Waals surface area contributed by atoms with Gasteiger partial charge in [-0.2, -0.15) is 0 Å². The molecule has 1 aliphatic rings. The van der Waals surface area contributed by atoms with Gasteiger partial charge >= 0.3 is 5.97 Å². The van der Waals surface area contributed by atoms with E-state index in [1.54, 1.807) is 0 Å². The standard InChI is InChI=1S/C12H22N2O4/c1-9-7-14(8-10(2)18-9)5-3-4-11(15)13-6-12(16)17/h9-10H,3-8H2,1-2H3,(H,13,15)(H,16,17). The Morgan fingerprint density at radius 3 is 2.50 bits per heavy atom. The summed E-state index contributed by atoms with van der Waals surface area (Å²) in [6, 6.07) is 0. The Labute approximate surface area is 107 Å². The molecule has 1 rings (SSSR count). The Bertz CT molecular complexity index is 286. The Hall–Kier alpha value is -1.14. The lowest BCUT2D eigenvalue weighted by Crippen LogP contribution is -2.45. The number of rotatable bonds is 6. The molecule has 2 atom stereocenters. The first-order valence-electron chi connectivity index (χ1n) is 6.33. The fourth-order valence-electron chi connectivity index (χ4n) is 2.19. The van der Waals surface area contributed by atoms with Gasteiger partial charge in [0.05, 0.1) is 12.2 Å². The van der Waals surface area contributed by atoms with E-state index in [4.69, 9.17) is 9.84 Å². The number of amides is 1. The average Bonchev–Trinajstić information content (AvgIpc) is 2.25. The highest BCUT2D eigenvalue weighted by molar-refractivity contribution is 5.80. The van der Waals surface area contributed by atoms with Gasteiger partial charge < -0.3 is 15.2 Å². The summed E-state index contributed by atoms with van der Waals surface area (Å²) in [5, 5.41) is 10.8. The van der Waals surface area contributed by atoms with Crippen molar-refractivity contribution in [3.8, 4) is 0 Å². The number of hydrogen-bond acceptors (Lipinski definition) is 4. The van der Waals surface area contributed by atoms with Crippen molar-refractivity contribution in [2.75, 3.05) is 26.2 Å². The molecule has 0 aromatic heterocycles. The highest BCUT2D eigenvalue weighted by atomic mass is 16.5. The largest absolute Gasteiger partial charge is 0.480 e. The predicted molar refractivity (Wildman–Crippen MR) is 66.3 cm³/mol. The van der Waals surface area contributed by atoms with Crippen LogP contribution in [0.25, 0.3) is 0 Å². The first-order chi connectivity index (χ1) is 8.47. The number of hydrogen-bond donors (Lipinski definition) is 2. The number of nitrogens with zero attached hydrogens (tertiary/aromatic N) is 1. The number of carbonyl (C=O) groups is 2. The summed E-state index contributed by atoms with van der Waals surface area (Å²) in [5.74, 6) is -1.22. The maximum Gasteiger partial charge on any atom is 0.322 e. The van der Waals surface area contributed by atoms with Crippen molar-refractivity contribution in [1.29, 1.82) is 0 Å². The summed E-state index contributed by atoms with van der Waals surface area (Å²) in [5.41, 5.74) is 0. The zero-order valence-electron chi connectivity index (χ0n) is 11.0. The lowest BCUT2D eigenvalue weighted by molar-refractivity contribution is -0.138. The van der Waals surface area contributed by atoms with Gasteiger partial charge in [-0.3, -0.25) is 14.5 Å². The molecular formula is C12H22N2O4. The van der Waals surface area contributed by atoms with Gasteiger partial charge in [0.1, 0.15) is 6.54 Å². The molecule has 18 heavy (non-hydrogen) atoms. The molecule has 2 N–H and O–H groups in total. The van der Waals surface area contributed by atoms with Gasteiger partial charge in [0.15, 0.2) is 0 Å². The molecule has 6 heteroatoms. The van der Waals surface area contributed by atoms with Crippen LogP contribution in [0.5, 0.6) is 0 Å². The highest BCUT2D eigenvalue weighted by Crippen LogP contribution is 2.11. The second kappa shape index (κ2) is 7.33. The predicted octanol–water partition coefficient (Wildman–Crippen LogP) is 0.0766. The summed E-state index contributed by atoms with van der Waals surface area (Å²) < 4.78 is 5.62. The fourth-order valence-corrected chi connectivity index (χ4v) is 2.19. The van der Waals surface area contributed by atoms with Crippen molar-refractivity contribution in [3.05, 3.63) is 0 Å². The molecule has 1 saturated heterocycles. The van der Waals surface area contributed by atoms with E-state index in [0.29, 0.717) is 6.42 Å². The number of aliphatic carboxylic acids is 1. The van der Waals surface area contributed by atoms with E-state index >= 15 is 0 Å². The Kier molecular flexibility index (Phi) is 6.07. The van der Waals surface area contributed by atoms with Crippen LogP contribution in [0.15, 0.2) is 0 Å². The van der Waals surface area contributed by atoms with Crippen molar-refractivity contribution in [1.82, 2.24) is 10.2 Å². The van der Waals surface area contributed by atoms with E-state index in [1.807, 2.05) is 13.8 Å².